The van der Waals surface area contributed by atoms with Gasteiger partial charge in [-0.25, -0.2) is 0 Å². The fourth-order valence-electron chi connectivity index (χ4n) is 0.0732. The molecular weight excluding hydrogens is 156 g/mol. The predicted octanol–water partition coefficient (Wildman–Crippen LogP) is 1.22. The van der Waals surface area contributed by atoms with Crippen LogP contribution in [-0.2, 0) is 0 Å². The Kier molecular flexibility index (Phi) is 2.67. The smallest absolute Gasteiger partial charge is 0.101 e. The van der Waals surface area contributed by atoms with Gasteiger partial charge in [0.15, 0.2) is 0 Å². The Morgan fingerprint density at radius 2 is 2.29 bits per heavy atom. The molecule has 0 atom stereocenters. The third kappa shape index (κ3) is 2.39. The summed E-state index contributed by atoms with van der Waals surface area (Å²) >= 11 is 2.93. The van der Waals surface area contributed by atoms with Crippen LogP contribution < -0.4 is 5.73 Å². The van der Waals surface area contributed by atoms with Crippen molar-refractivity contribution in [3.05, 3.63) is 11.8 Å². The lowest BCUT2D eigenvalue weighted by atomic mass is 10.4. The second kappa shape index (κ2) is 2.80. The molecule has 0 saturated carbocycles. The van der Waals surface area contributed by atoms with Crippen molar-refractivity contribution in [3.63, 3.8) is 0 Å². The molecule has 0 aromatic rings. The first-order valence-corrected chi connectivity index (χ1v) is 2.60. The molecule has 3 heteroatoms. The SMILES string of the molecule is C/C(=C/N)C(=N)Br. The molecular formula is C4H7BrN2. The van der Waals surface area contributed by atoms with Crippen molar-refractivity contribution in [3.8, 4) is 0 Å². The number of hydrogen-bond acceptors (Lipinski definition) is 2. The molecule has 2 nitrogen and oxygen atoms in total. The lowest BCUT2D eigenvalue weighted by molar-refractivity contribution is 1.44. The molecule has 0 aliphatic carbocycles. The lowest BCUT2D eigenvalue weighted by Gasteiger charge is -1.87. The van der Waals surface area contributed by atoms with Crippen LogP contribution in [0.3, 0.4) is 0 Å². The van der Waals surface area contributed by atoms with E-state index >= 15 is 0 Å². The van der Waals surface area contributed by atoms with Crippen LogP contribution in [0.25, 0.3) is 0 Å². The Bertz CT molecular complexity index is 106. The molecule has 0 aliphatic rings. The molecule has 40 valence electrons. The second-order valence-electron chi connectivity index (χ2n) is 1.16. The van der Waals surface area contributed by atoms with Crippen LogP contribution in [0.1, 0.15) is 6.92 Å². The molecule has 3 N–H and O–H groups in total. The molecule has 0 aromatic carbocycles. The van der Waals surface area contributed by atoms with Gasteiger partial charge in [-0.05, 0) is 34.6 Å². The van der Waals surface area contributed by atoms with Gasteiger partial charge < -0.3 is 5.73 Å². The molecule has 0 aromatic heterocycles. The molecule has 0 bridgehead atoms. The van der Waals surface area contributed by atoms with Gasteiger partial charge >= 0.3 is 0 Å². The van der Waals surface area contributed by atoms with E-state index in [2.05, 4.69) is 15.9 Å². The zero-order chi connectivity index (χ0) is 5.86. The van der Waals surface area contributed by atoms with Gasteiger partial charge in [0.05, 0.1) is 0 Å². The molecule has 0 unspecified atom stereocenters. The largest absolute Gasteiger partial charge is 0.404 e. The van der Waals surface area contributed by atoms with Gasteiger partial charge in [-0.1, -0.05) is 0 Å². The zero-order valence-electron chi connectivity index (χ0n) is 4.03. The Balaban J connectivity index is 3.82. The van der Waals surface area contributed by atoms with Crippen molar-refractivity contribution in [1.29, 1.82) is 5.41 Å². The molecule has 0 heterocycles. The minimum atomic E-state index is 0.343. The van der Waals surface area contributed by atoms with Crippen LogP contribution in [0.4, 0.5) is 0 Å². The lowest BCUT2D eigenvalue weighted by Crippen LogP contribution is -1.89. The minimum Gasteiger partial charge on any atom is -0.404 e. The summed E-state index contributed by atoms with van der Waals surface area (Å²) in [5.74, 6) is 0. The maximum absolute atomic E-state index is 6.87. The number of halogens is 1. The molecule has 0 radical (unpaired) electrons. The monoisotopic (exact) mass is 162 g/mol. The minimum absolute atomic E-state index is 0.343. The van der Waals surface area contributed by atoms with Crippen molar-refractivity contribution < 1.29 is 0 Å². The van der Waals surface area contributed by atoms with Crippen LogP contribution in [0.2, 0.25) is 0 Å². The Morgan fingerprint density at radius 1 is 1.86 bits per heavy atom. The van der Waals surface area contributed by atoms with Crippen LogP contribution in [-0.4, -0.2) is 4.62 Å². The fourth-order valence-corrected chi connectivity index (χ4v) is 0.205. The quantitative estimate of drug-likeness (QED) is 0.561. The molecule has 7 heavy (non-hydrogen) atoms. The van der Waals surface area contributed by atoms with E-state index in [4.69, 9.17) is 11.1 Å². The average Bonchev–Trinajstić information content (AvgIpc) is 1.65. The molecule has 0 spiro atoms. The Morgan fingerprint density at radius 3 is 2.29 bits per heavy atom. The van der Waals surface area contributed by atoms with Crippen molar-refractivity contribution in [2.45, 2.75) is 6.92 Å². The molecule has 0 saturated heterocycles. The van der Waals surface area contributed by atoms with E-state index in [-0.39, 0.29) is 0 Å². The van der Waals surface area contributed by atoms with Gasteiger partial charge in [-0.15, -0.1) is 0 Å². The van der Waals surface area contributed by atoms with E-state index in [1.54, 1.807) is 6.92 Å². The first-order valence-electron chi connectivity index (χ1n) is 1.81. The maximum atomic E-state index is 6.87. The normalized spacial score (nSPS) is 11.4. The second-order valence-corrected chi connectivity index (χ2v) is 1.96. The van der Waals surface area contributed by atoms with Gasteiger partial charge in [0.2, 0.25) is 0 Å². The highest BCUT2D eigenvalue weighted by Crippen LogP contribution is 1.97. The standard InChI is InChI=1S/C4H7BrN2/c1-3(2-6)4(5)7/h2,7H,6H2,1H3/b3-2-,7-4?. The van der Waals surface area contributed by atoms with E-state index < -0.39 is 0 Å². The summed E-state index contributed by atoms with van der Waals surface area (Å²) in [7, 11) is 0. The predicted molar refractivity (Wildman–Crippen MR) is 34.6 cm³/mol. The number of rotatable bonds is 1. The maximum Gasteiger partial charge on any atom is 0.101 e. The van der Waals surface area contributed by atoms with Crippen LogP contribution >= 0.6 is 15.9 Å². The topological polar surface area (TPSA) is 49.9 Å². The summed E-state index contributed by atoms with van der Waals surface area (Å²) in [6.45, 7) is 1.76. The summed E-state index contributed by atoms with van der Waals surface area (Å²) < 4.78 is 0.343. The number of hydrogen-bond donors (Lipinski definition) is 2. The van der Waals surface area contributed by atoms with Crippen molar-refractivity contribution in [2.24, 2.45) is 5.73 Å². The van der Waals surface area contributed by atoms with Crippen molar-refractivity contribution >= 4 is 20.6 Å². The Hall–Kier alpha value is -0.310. The van der Waals surface area contributed by atoms with Crippen molar-refractivity contribution in [1.82, 2.24) is 0 Å². The first kappa shape index (κ1) is 6.69. The summed E-state index contributed by atoms with van der Waals surface area (Å²) in [6, 6.07) is 0. The van der Waals surface area contributed by atoms with Gasteiger partial charge in [0.1, 0.15) is 4.62 Å². The van der Waals surface area contributed by atoms with Gasteiger partial charge in [0, 0.05) is 0 Å². The van der Waals surface area contributed by atoms with Crippen LogP contribution in [0.15, 0.2) is 11.8 Å². The molecule has 0 aliphatic heterocycles. The van der Waals surface area contributed by atoms with E-state index in [0.29, 0.717) is 4.62 Å². The van der Waals surface area contributed by atoms with Gasteiger partial charge in [0.25, 0.3) is 0 Å². The third-order valence-corrected chi connectivity index (χ3v) is 1.22. The van der Waals surface area contributed by atoms with Crippen LogP contribution in [0, 0.1) is 5.41 Å². The van der Waals surface area contributed by atoms with Crippen LogP contribution in [0.5, 0.6) is 0 Å². The fraction of sp³-hybridized carbons (Fsp3) is 0.250. The van der Waals surface area contributed by atoms with Gasteiger partial charge in [-0.3, -0.25) is 5.41 Å². The van der Waals surface area contributed by atoms with Gasteiger partial charge in [-0.2, -0.15) is 0 Å². The summed E-state index contributed by atoms with van der Waals surface area (Å²) in [5, 5.41) is 6.87. The van der Waals surface area contributed by atoms with E-state index in [1.807, 2.05) is 0 Å². The van der Waals surface area contributed by atoms with E-state index in [0.717, 1.165) is 5.57 Å². The Labute approximate surface area is 51.0 Å². The summed E-state index contributed by atoms with van der Waals surface area (Å²) in [5.41, 5.74) is 5.79. The highest BCUT2D eigenvalue weighted by molar-refractivity contribution is 9.18. The van der Waals surface area contributed by atoms with E-state index in [9.17, 15) is 0 Å². The first-order chi connectivity index (χ1) is 3.18. The molecule has 0 fully saturated rings. The zero-order valence-corrected chi connectivity index (χ0v) is 5.62. The highest BCUT2D eigenvalue weighted by Gasteiger charge is 1.87. The summed E-state index contributed by atoms with van der Waals surface area (Å²) in [6.07, 6.45) is 1.39. The molecule has 0 amide bonds. The average molecular weight is 163 g/mol. The summed E-state index contributed by atoms with van der Waals surface area (Å²) in [4.78, 5) is 0. The number of nitrogens with one attached hydrogen (secondary N) is 1. The van der Waals surface area contributed by atoms with E-state index in [1.165, 1.54) is 6.20 Å². The highest BCUT2D eigenvalue weighted by atomic mass is 79.9. The number of allylic oxidation sites excluding steroid dienone is 1. The molecule has 0 rings (SSSR count). The van der Waals surface area contributed by atoms with Crippen molar-refractivity contribution in [2.75, 3.05) is 0 Å². The third-order valence-electron chi connectivity index (χ3n) is 0.596. The number of nitrogens with two attached hydrogens (primary N) is 1.